The van der Waals surface area contributed by atoms with Crippen molar-refractivity contribution in [3.8, 4) is 0 Å². The number of aliphatic hydroxyl groups is 1. The predicted octanol–water partition coefficient (Wildman–Crippen LogP) is 4.45. The molecule has 2 rings (SSSR count). The molecule has 4 nitrogen and oxygen atoms in total. The van der Waals surface area contributed by atoms with Gasteiger partial charge in [-0.05, 0) is 42.2 Å². The molecule has 0 bridgehead atoms. The number of hydrogen-bond donors (Lipinski definition) is 1. The predicted molar refractivity (Wildman–Crippen MR) is 111 cm³/mol. The third-order valence-corrected chi connectivity index (χ3v) is 6.36. The molecule has 0 aliphatic rings. The van der Waals surface area contributed by atoms with Crippen LogP contribution in [0.5, 0.6) is 0 Å². The van der Waals surface area contributed by atoms with Crippen molar-refractivity contribution in [1.29, 1.82) is 0 Å². The van der Waals surface area contributed by atoms with E-state index >= 15 is 0 Å². The number of hydrogen-bond acceptors (Lipinski definition) is 3. The highest BCUT2D eigenvalue weighted by Gasteiger charge is 2.30. The Morgan fingerprint density at radius 3 is 2.26 bits per heavy atom. The van der Waals surface area contributed by atoms with Crippen LogP contribution in [-0.4, -0.2) is 37.0 Å². The van der Waals surface area contributed by atoms with Gasteiger partial charge >= 0.3 is 0 Å². The van der Waals surface area contributed by atoms with Crippen LogP contribution >= 0.6 is 11.6 Å². The summed E-state index contributed by atoms with van der Waals surface area (Å²) in [6.45, 7) is 3.97. The van der Waals surface area contributed by atoms with Gasteiger partial charge in [-0.2, -0.15) is 4.31 Å². The largest absolute Gasteiger partial charge is 0.395 e. The fourth-order valence-electron chi connectivity index (χ4n) is 2.87. The minimum atomic E-state index is -3.77. The van der Waals surface area contributed by atoms with Gasteiger partial charge in [-0.15, -0.1) is 0 Å². The Balaban J connectivity index is 2.33. The average molecular weight is 408 g/mol. The summed E-state index contributed by atoms with van der Waals surface area (Å²) in [6, 6.07) is 15.3. The molecule has 1 N–H and O–H groups in total. The maximum atomic E-state index is 13.2. The van der Waals surface area contributed by atoms with Crippen LogP contribution in [0.25, 0.3) is 6.08 Å². The molecule has 0 amide bonds. The molecule has 2 aromatic carbocycles. The van der Waals surface area contributed by atoms with Crippen LogP contribution < -0.4 is 0 Å². The molecule has 0 aliphatic carbocycles. The molecule has 0 spiro atoms. The van der Waals surface area contributed by atoms with Crippen molar-refractivity contribution in [2.45, 2.75) is 31.2 Å². The van der Waals surface area contributed by atoms with Crippen molar-refractivity contribution in [2.75, 3.05) is 13.2 Å². The van der Waals surface area contributed by atoms with Crippen molar-refractivity contribution < 1.29 is 13.5 Å². The number of halogens is 1. The van der Waals surface area contributed by atoms with Gasteiger partial charge in [0.15, 0.2) is 0 Å². The van der Waals surface area contributed by atoms with E-state index in [0.29, 0.717) is 11.4 Å². The Labute approximate surface area is 167 Å². The monoisotopic (exact) mass is 407 g/mol. The second-order valence-electron chi connectivity index (χ2n) is 6.81. The van der Waals surface area contributed by atoms with E-state index in [9.17, 15) is 13.5 Å². The summed E-state index contributed by atoms with van der Waals surface area (Å²) in [4.78, 5) is 0.169. The summed E-state index contributed by atoms with van der Waals surface area (Å²) < 4.78 is 27.8. The molecular formula is C21H26ClNO3S. The molecule has 0 aromatic heterocycles. The van der Waals surface area contributed by atoms with Crippen LogP contribution in [0.15, 0.2) is 65.6 Å². The van der Waals surface area contributed by atoms with E-state index in [0.717, 1.165) is 5.56 Å². The maximum Gasteiger partial charge on any atom is 0.243 e. The van der Waals surface area contributed by atoms with Gasteiger partial charge in [-0.25, -0.2) is 8.42 Å². The zero-order valence-electron chi connectivity index (χ0n) is 15.6. The van der Waals surface area contributed by atoms with Gasteiger partial charge in [-0.3, -0.25) is 0 Å². The van der Waals surface area contributed by atoms with E-state index in [4.69, 9.17) is 11.6 Å². The summed E-state index contributed by atoms with van der Waals surface area (Å²) in [5.74, 6) is 0.253. The van der Waals surface area contributed by atoms with Gasteiger partial charge in [0, 0.05) is 17.6 Å². The molecule has 0 aliphatic heterocycles. The fraction of sp³-hybridized carbons (Fsp3) is 0.333. The molecule has 0 heterocycles. The van der Waals surface area contributed by atoms with Crippen molar-refractivity contribution in [3.05, 3.63) is 71.3 Å². The van der Waals surface area contributed by atoms with Crippen molar-refractivity contribution in [1.82, 2.24) is 4.31 Å². The van der Waals surface area contributed by atoms with Gasteiger partial charge in [0.2, 0.25) is 10.0 Å². The molecule has 0 saturated carbocycles. The zero-order valence-corrected chi connectivity index (χ0v) is 17.2. The van der Waals surface area contributed by atoms with Crippen molar-refractivity contribution >= 4 is 27.7 Å². The Bertz CT molecular complexity index is 833. The van der Waals surface area contributed by atoms with Gasteiger partial charge in [0.25, 0.3) is 0 Å². The van der Waals surface area contributed by atoms with E-state index in [2.05, 4.69) is 0 Å². The van der Waals surface area contributed by atoms with E-state index in [-0.39, 0.29) is 24.0 Å². The molecule has 6 heteroatoms. The lowest BCUT2D eigenvalue weighted by molar-refractivity contribution is 0.175. The lowest BCUT2D eigenvalue weighted by Gasteiger charge is -2.30. The lowest BCUT2D eigenvalue weighted by Crippen LogP contribution is -2.43. The molecule has 27 heavy (non-hydrogen) atoms. The molecule has 0 radical (unpaired) electrons. The van der Waals surface area contributed by atoms with Crippen LogP contribution in [0.1, 0.15) is 25.8 Å². The number of nitrogens with zero attached hydrogens (tertiary/aromatic N) is 1. The number of benzene rings is 2. The molecule has 146 valence electrons. The molecule has 1 atom stereocenters. The Morgan fingerprint density at radius 1 is 1.07 bits per heavy atom. The zero-order chi connectivity index (χ0) is 19.9. The molecule has 2 aromatic rings. The third kappa shape index (κ3) is 6.18. The van der Waals surface area contributed by atoms with E-state index in [1.807, 2.05) is 56.3 Å². The number of sulfonamides is 1. The van der Waals surface area contributed by atoms with Gasteiger partial charge in [-0.1, -0.05) is 67.9 Å². The standard InChI is InChI=1S/C21H26ClNO3S/c1-17(2)15-20(16-24)23(14-6-9-18-7-4-3-5-8-18)27(25,26)21-12-10-19(22)11-13-21/h3-13,17,20,24H,14-16H2,1-2H3/t20-/m1/s1. The first-order valence-electron chi connectivity index (χ1n) is 8.94. The second-order valence-corrected chi connectivity index (χ2v) is 9.13. The Morgan fingerprint density at radius 2 is 1.70 bits per heavy atom. The minimum absolute atomic E-state index is 0.169. The fourth-order valence-corrected chi connectivity index (χ4v) is 4.57. The van der Waals surface area contributed by atoms with Crippen molar-refractivity contribution in [2.24, 2.45) is 5.92 Å². The highest BCUT2D eigenvalue weighted by molar-refractivity contribution is 7.89. The summed E-state index contributed by atoms with van der Waals surface area (Å²) in [5.41, 5.74) is 0.991. The Kier molecular flexibility index (Phi) is 8.05. The van der Waals surface area contributed by atoms with Crippen LogP contribution in [0, 0.1) is 5.92 Å². The summed E-state index contributed by atoms with van der Waals surface area (Å²) in [5, 5.41) is 10.3. The van der Waals surface area contributed by atoms with E-state index in [1.54, 1.807) is 12.1 Å². The first-order valence-corrected chi connectivity index (χ1v) is 10.8. The molecule has 0 unspecified atom stereocenters. The minimum Gasteiger partial charge on any atom is -0.395 e. The number of aliphatic hydroxyl groups excluding tert-OH is 1. The summed E-state index contributed by atoms with van der Waals surface area (Å²) in [6.07, 6.45) is 4.27. The quantitative estimate of drug-likeness (QED) is 0.668. The number of rotatable bonds is 9. The second kappa shape index (κ2) is 10.0. The van der Waals surface area contributed by atoms with Crippen molar-refractivity contribution in [3.63, 3.8) is 0 Å². The van der Waals surface area contributed by atoms with E-state index < -0.39 is 16.1 Å². The maximum absolute atomic E-state index is 13.2. The molecule has 0 saturated heterocycles. The highest BCUT2D eigenvalue weighted by Crippen LogP contribution is 2.23. The normalized spacial score (nSPS) is 13.6. The topological polar surface area (TPSA) is 57.6 Å². The van der Waals surface area contributed by atoms with Gasteiger partial charge in [0.1, 0.15) is 0 Å². The first kappa shape index (κ1) is 21.6. The van der Waals surface area contributed by atoms with Gasteiger partial charge in [0.05, 0.1) is 11.5 Å². The third-order valence-electron chi connectivity index (χ3n) is 4.18. The SMILES string of the molecule is CC(C)C[C@H](CO)N(CC=Cc1ccccc1)S(=O)(=O)c1ccc(Cl)cc1. The average Bonchev–Trinajstić information content (AvgIpc) is 2.64. The smallest absolute Gasteiger partial charge is 0.243 e. The van der Waals surface area contributed by atoms with Crippen LogP contribution in [0.4, 0.5) is 0 Å². The highest BCUT2D eigenvalue weighted by atomic mass is 35.5. The molecule has 0 fully saturated rings. The van der Waals surface area contributed by atoms with Gasteiger partial charge < -0.3 is 5.11 Å². The van der Waals surface area contributed by atoms with Crippen LogP contribution in [0.2, 0.25) is 5.02 Å². The lowest BCUT2D eigenvalue weighted by atomic mass is 10.0. The van der Waals surface area contributed by atoms with Crippen LogP contribution in [0.3, 0.4) is 0 Å². The summed E-state index contributed by atoms with van der Waals surface area (Å²) >= 11 is 5.89. The summed E-state index contributed by atoms with van der Waals surface area (Å²) in [7, 11) is -3.77. The van der Waals surface area contributed by atoms with E-state index in [1.165, 1.54) is 16.4 Å². The molecular weight excluding hydrogens is 382 g/mol. The first-order chi connectivity index (χ1) is 12.8. The van der Waals surface area contributed by atoms with Crippen LogP contribution in [-0.2, 0) is 10.0 Å². The Hall–Kier alpha value is -1.66.